The van der Waals surface area contributed by atoms with Gasteiger partial charge in [-0.1, -0.05) is 0 Å². The van der Waals surface area contributed by atoms with Crippen LogP contribution in [0.15, 0.2) is 0 Å². The van der Waals surface area contributed by atoms with Crippen LogP contribution in [0, 0.1) is 0 Å². The molecule has 17 heavy (non-hydrogen) atoms. The van der Waals surface area contributed by atoms with E-state index < -0.39 is 23.9 Å². The summed E-state index contributed by atoms with van der Waals surface area (Å²) in [6.07, 6.45) is 0. The summed E-state index contributed by atoms with van der Waals surface area (Å²) < 4.78 is 75.5. The van der Waals surface area contributed by atoms with Crippen LogP contribution >= 0.6 is 8.25 Å². The maximum absolute atomic E-state index is 11.1. The summed E-state index contributed by atoms with van der Waals surface area (Å²) >= 11 is 0. The Kier molecular flexibility index (Phi) is 10.0. The summed E-state index contributed by atoms with van der Waals surface area (Å²) in [5.41, 5.74) is -5.30. The van der Waals surface area contributed by atoms with Crippen LogP contribution in [0.1, 0.15) is 13.8 Å². The Morgan fingerprint density at radius 1 is 1.12 bits per heavy atom. The van der Waals surface area contributed by atoms with Gasteiger partial charge in [0.05, 0.1) is 20.3 Å². The highest BCUT2D eigenvalue weighted by Gasteiger charge is 2.46. The van der Waals surface area contributed by atoms with Gasteiger partial charge in [-0.15, -0.1) is 0 Å². The standard InChI is InChI=1S/C4H11O3P.C2H3F3O3S/c1-3-6-8(5)7-4-2;1-8-9(6,7)2(3,4)5/h8H,3-4H2,1-2H3;1H3. The Balaban J connectivity index is 0. The molecule has 0 saturated carbocycles. The van der Waals surface area contributed by atoms with Gasteiger partial charge in [0.15, 0.2) is 0 Å². The van der Waals surface area contributed by atoms with Crippen molar-refractivity contribution in [3.8, 4) is 0 Å². The second-order valence-corrected chi connectivity index (χ2v) is 4.96. The predicted molar refractivity (Wildman–Crippen MR) is 54.2 cm³/mol. The van der Waals surface area contributed by atoms with Crippen LogP contribution in [0.3, 0.4) is 0 Å². The van der Waals surface area contributed by atoms with E-state index in [1.54, 1.807) is 13.8 Å². The SMILES string of the molecule is CCO[PH](=O)OCC.COS(=O)(=O)C(F)(F)F. The van der Waals surface area contributed by atoms with Crippen molar-refractivity contribution >= 4 is 18.4 Å². The van der Waals surface area contributed by atoms with Gasteiger partial charge in [0, 0.05) is 0 Å². The molecule has 0 fully saturated rings. The molecule has 0 bridgehead atoms. The van der Waals surface area contributed by atoms with Crippen molar-refractivity contribution < 1.29 is 39.4 Å². The van der Waals surface area contributed by atoms with Crippen molar-refractivity contribution in [1.29, 1.82) is 0 Å². The zero-order chi connectivity index (χ0) is 14.1. The molecule has 0 atom stereocenters. The topological polar surface area (TPSA) is 78.9 Å². The molecular formula is C6H14F3O6PS. The van der Waals surface area contributed by atoms with Crippen LogP contribution < -0.4 is 0 Å². The molecule has 0 aliphatic rings. The maximum Gasteiger partial charge on any atom is 0.523 e. The summed E-state index contributed by atoms with van der Waals surface area (Å²) in [6.45, 7) is 4.47. The first-order chi connectivity index (χ1) is 7.62. The Bertz CT molecular complexity index is 306. The first kappa shape index (κ1) is 19.2. The van der Waals surface area contributed by atoms with Gasteiger partial charge >= 0.3 is 23.9 Å². The molecule has 6 nitrogen and oxygen atoms in total. The third-order valence-corrected chi connectivity index (χ3v) is 3.08. The third-order valence-electron chi connectivity index (χ3n) is 1.03. The number of hydrogen-bond acceptors (Lipinski definition) is 6. The lowest BCUT2D eigenvalue weighted by Crippen LogP contribution is -2.23. The van der Waals surface area contributed by atoms with E-state index in [2.05, 4.69) is 13.2 Å². The molecule has 11 heteroatoms. The van der Waals surface area contributed by atoms with Crippen LogP contribution in [0.25, 0.3) is 0 Å². The summed E-state index contributed by atoms with van der Waals surface area (Å²) in [4.78, 5) is 0. The summed E-state index contributed by atoms with van der Waals surface area (Å²) in [5.74, 6) is 0. The van der Waals surface area contributed by atoms with Crippen LogP contribution in [-0.4, -0.2) is 34.2 Å². The van der Waals surface area contributed by atoms with Crippen LogP contribution in [-0.2, 0) is 27.9 Å². The van der Waals surface area contributed by atoms with Gasteiger partial charge < -0.3 is 9.05 Å². The van der Waals surface area contributed by atoms with E-state index in [1.807, 2.05) is 0 Å². The highest BCUT2D eigenvalue weighted by atomic mass is 32.2. The molecule has 0 saturated heterocycles. The van der Waals surface area contributed by atoms with Gasteiger partial charge in [0.25, 0.3) is 0 Å². The van der Waals surface area contributed by atoms with Gasteiger partial charge in [-0.2, -0.15) is 21.6 Å². The Morgan fingerprint density at radius 3 is 1.59 bits per heavy atom. The van der Waals surface area contributed by atoms with Crippen molar-refractivity contribution in [2.45, 2.75) is 19.4 Å². The lowest BCUT2D eigenvalue weighted by molar-refractivity contribution is -0.0526. The predicted octanol–water partition coefficient (Wildman–Crippen LogP) is 1.93. The Labute approximate surface area is 98.1 Å². The van der Waals surface area contributed by atoms with Crippen molar-refractivity contribution in [1.82, 2.24) is 0 Å². The minimum absolute atomic E-state index is 0.447. The summed E-state index contributed by atoms with van der Waals surface area (Å²) in [7, 11) is -7.03. The van der Waals surface area contributed by atoms with Crippen LogP contribution in [0.2, 0.25) is 0 Å². The number of halogens is 3. The van der Waals surface area contributed by atoms with E-state index in [0.717, 1.165) is 0 Å². The normalized spacial score (nSPS) is 12.2. The Morgan fingerprint density at radius 2 is 1.47 bits per heavy atom. The first-order valence-corrected chi connectivity index (χ1v) is 6.92. The molecule has 0 aromatic rings. The highest BCUT2D eigenvalue weighted by molar-refractivity contribution is 7.87. The lowest BCUT2D eigenvalue weighted by atomic mass is 10.9. The fourth-order valence-electron chi connectivity index (χ4n) is 0.372. The number of alkyl halides is 3. The minimum atomic E-state index is -5.34. The lowest BCUT2D eigenvalue weighted by Gasteiger charge is -2.02. The number of rotatable bonds is 5. The average Bonchev–Trinajstić information content (AvgIpc) is 2.18. The molecule has 0 spiro atoms. The molecule has 106 valence electrons. The summed E-state index contributed by atoms with van der Waals surface area (Å²) in [5, 5.41) is 0. The number of hydrogen-bond donors (Lipinski definition) is 0. The first-order valence-electron chi connectivity index (χ1n) is 4.28. The monoisotopic (exact) mass is 302 g/mol. The molecule has 0 unspecified atom stereocenters. The van der Waals surface area contributed by atoms with Gasteiger partial charge in [-0.3, -0.25) is 8.75 Å². The van der Waals surface area contributed by atoms with Gasteiger partial charge in [-0.25, -0.2) is 0 Å². The van der Waals surface area contributed by atoms with E-state index in [9.17, 15) is 26.2 Å². The second kappa shape index (κ2) is 8.87. The molecule has 0 aliphatic carbocycles. The fourth-order valence-corrected chi connectivity index (χ4v) is 1.12. The molecule has 0 aromatic carbocycles. The molecule has 0 radical (unpaired) electrons. The molecule has 0 heterocycles. The van der Waals surface area contributed by atoms with Crippen molar-refractivity contribution in [3.63, 3.8) is 0 Å². The largest absolute Gasteiger partial charge is 0.523 e. The van der Waals surface area contributed by atoms with E-state index >= 15 is 0 Å². The molecule has 0 aliphatic heterocycles. The van der Waals surface area contributed by atoms with E-state index in [-0.39, 0.29) is 0 Å². The zero-order valence-corrected chi connectivity index (χ0v) is 11.2. The van der Waals surface area contributed by atoms with Crippen LogP contribution in [0.4, 0.5) is 13.2 Å². The quantitative estimate of drug-likeness (QED) is 0.438. The zero-order valence-electron chi connectivity index (χ0n) is 9.41. The average molecular weight is 302 g/mol. The van der Waals surface area contributed by atoms with Crippen molar-refractivity contribution in [3.05, 3.63) is 0 Å². The molecule has 0 aromatic heterocycles. The molecule has 0 amide bonds. The second-order valence-electron chi connectivity index (χ2n) is 2.18. The van der Waals surface area contributed by atoms with E-state index in [0.29, 0.717) is 20.3 Å². The van der Waals surface area contributed by atoms with Crippen LogP contribution in [0.5, 0.6) is 0 Å². The minimum Gasteiger partial charge on any atom is -0.311 e. The maximum atomic E-state index is 11.1. The van der Waals surface area contributed by atoms with Crippen molar-refractivity contribution in [2.75, 3.05) is 20.3 Å². The molecule has 0 rings (SSSR count). The molecule has 0 N–H and O–H groups in total. The van der Waals surface area contributed by atoms with Gasteiger partial charge in [-0.05, 0) is 13.8 Å². The van der Waals surface area contributed by atoms with Crippen molar-refractivity contribution in [2.24, 2.45) is 0 Å². The fraction of sp³-hybridized carbons (Fsp3) is 1.00. The smallest absolute Gasteiger partial charge is 0.311 e. The summed E-state index contributed by atoms with van der Waals surface area (Å²) in [6, 6.07) is 0. The molecular weight excluding hydrogens is 288 g/mol. The van der Waals surface area contributed by atoms with E-state index in [1.165, 1.54) is 0 Å². The van der Waals surface area contributed by atoms with Gasteiger partial charge in [0.1, 0.15) is 0 Å². The van der Waals surface area contributed by atoms with E-state index in [4.69, 9.17) is 0 Å². The third kappa shape index (κ3) is 9.54. The van der Waals surface area contributed by atoms with Gasteiger partial charge in [0.2, 0.25) is 0 Å². The highest BCUT2D eigenvalue weighted by Crippen LogP contribution is 2.23. The Hall–Kier alpha value is -0.150.